The molecule has 2 aromatic rings. The Morgan fingerprint density at radius 2 is 2.24 bits per heavy atom. The highest BCUT2D eigenvalue weighted by Crippen LogP contribution is 2.24. The molecule has 2 rings (SSSR count). The Morgan fingerprint density at radius 1 is 1.41 bits per heavy atom. The summed E-state index contributed by atoms with van der Waals surface area (Å²) in [5, 5.41) is 11.1. The first-order valence-electron chi connectivity index (χ1n) is 5.72. The second-order valence-electron chi connectivity index (χ2n) is 3.86. The molecule has 0 amide bonds. The van der Waals surface area contributed by atoms with Crippen LogP contribution in [0.3, 0.4) is 0 Å². The van der Waals surface area contributed by atoms with Crippen LogP contribution >= 0.6 is 11.6 Å². The molecule has 17 heavy (non-hydrogen) atoms. The van der Waals surface area contributed by atoms with Gasteiger partial charge in [0, 0.05) is 40.8 Å². The summed E-state index contributed by atoms with van der Waals surface area (Å²) in [6.07, 6.45) is 1.96. The van der Waals surface area contributed by atoms with Crippen molar-refractivity contribution in [1.29, 1.82) is 0 Å². The molecule has 1 aromatic carbocycles. The number of hydrogen-bond acceptors (Lipinski definition) is 2. The Balaban J connectivity index is 2.36. The number of aromatic nitrogens is 1. The minimum Gasteiger partial charge on any atom is -0.392 e. The van der Waals surface area contributed by atoms with Crippen molar-refractivity contribution in [2.45, 2.75) is 20.1 Å². The monoisotopic (exact) mass is 253 g/mol. The van der Waals surface area contributed by atoms with Gasteiger partial charge >= 0.3 is 0 Å². The van der Waals surface area contributed by atoms with Crippen molar-refractivity contribution in [2.24, 2.45) is 0 Å². The molecule has 0 radical (unpaired) electrons. The van der Waals surface area contributed by atoms with Crippen LogP contribution in [0.4, 0.5) is 0 Å². The zero-order chi connectivity index (χ0) is 12.3. The Hall–Kier alpha value is -1.03. The average Bonchev–Trinajstić information content (AvgIpc) is 2.67. The van der Waals surface area contributed by atoms with Crippen LogP contribution in [-0.4, -0.2) is 22.9 Å². The van der Waals surface area contributed by atoms with Gasteiger partial charge in [0.05, 0.1) is 13.2 Å². The topological polar surface area (TPSA) is 34.4 Å². The van der Waals surface area contributed by atoms with E-state index in [1.165, 1.54) is 0 Å². The van der Waals surface area contributed by atoms with E-state index in [2.05, 4.69) is 4.57 Å². The molecule has 1 N–H and O–H groups in total. The molecule has 4 heteroatoms. The Morgan fingerprint density at radius 3 is 2.94 bits per heavy atom. The van der Waals surface area contributed by atoms with Crippen molar-refractivity contribution < 1.29 is 9.84 Å². The van der Waals surface area contributed by atoms with Gasteiger partial charge in [-0.3, -0.25) is 0 Å². The molecular weight excluding hydrogens is 238 g/mol. The van der Waals surface area contributed by atoms with Crippen LogP contribution in [0.1, 0.15) is 12.5 Å². The van der Waals surface area contributed by atoms with Crippen LogP contribution in [0.15, 0.2) is 24.4 Å². The summed E-state index contributed by atoms with van der Waals surface area (Å²) in [7, 11) is 0. The smallest absolute Gasteiger partial charge is 0.0702 e. The fourth-order valence-electron chi connectivity index (χ4n) is 1.96. The molecule has 0 atom stereocenters. The van der Waals surface area contributed by atoms with E-state index >= 15 is 0 Å². The van der Waals surface area contributed by atoms with Gasteiger partial charge in [-0.15, -0.1) is 0 Å². The predicted molar refractivity (Wildman–Crippen MR) is 69.4 cm³/mol. The van der Waals surface area contributed by atoms with Gasteiger partial charge in [0.1, 0.15) is 0 Å². The second-order valence-corrected chi connectivity index (χ2v) is 4.30. The maximum Gasteiger partial charge on any atom is 0.0702 e. The first kappa shape index (κ1) is 12.4. The van der Waals surface area contributed by atoms with Crippen molar-refractivity contribution >= 4 is 22.5 Å². The Bertz CT molecular complexity index is 507. The maximum atomic E-state index is 9.31. The third-order valence-corrected chi connectivity index (χ3v) is 3.01. The van der Waals surface area contributed by atoms with Gasteiger partial charge in [0.15, 0.2) is 0 Å². The van der Waals surface area contributed by atoms with Crippen molar-refractivity contribution in [3.8, 4) is 0 Å². The first-order chi connectivity index (χ1) is 8.26. The molecule has 0 spiro atoms. The van der Waals surface area contributed by atoms with E-state index in [0.717, 1.165) is 23.0 Å². The van der Waals surface area contributed by atoms with Crippen molar-refractivity contribution in [2.75, 3.05) is 13.2 Å². The number of halogens is 1. The summed E-state index contributed by atoms with van der Waals surface area (Å²) in [4.78, 5) is 0. The quantitative estimate of drug-likeness (QED) is 0.832. The minimum absolute atomic E-state index is 0.0414. The predicted octanol–water partition coefficient (Wildman–Crippen LogP) is 2.82. The summed E-state index contributed by atoms with van der Waals surface area (Å²) in [6, 6.07) is 5.71. The van der Waals surface area contributed by atoms with Crippen LogP contribution in [-0.2, 0) is 17.9 Å². The number of ether oxygens (including phenoxy) is 1. The number of nitrogens with zero attached hydrogens (tertiary/aromatic N) is 1. The lowest BCUT2D eigenvalue weighted by atomic mass is 10.2. The standard InChI is InChI=1S/C13H16ClNO2/c1-2-17-6-5-15-8-10(9-16)12-4-3-11(14)7-13(12)15/h3-4,7-8,16H,2,5-6,9H2,1H3. The van der Waals surface area contributed by atoms with Crippen LogP contribution in [0.5, 0.6) is 0 Å². The van der Waals surface area contributed by atoms with E-state index in [-0.39, 0.29) is 6.61 Å². The first-order valence-corrected chi connectivity index (χ1v) is 6.10. The Kier molecular flexibility index (Phi) is 4.05. The van der Waals surface area contributed by atoms with E-state index < -0.39 is 0 Å². The second kappa shape index (κ2) is 5.54. The fraction of sp³-hybridized carbons (Fsp3) is 0.385. The number of benzene rings is 1. The van der Waals surface area contributed by atoms with Crippen molar-refractivity contribution in [3.05, 3.63) is 35.0 Å². The summed E-state index contributed by atoms with van der Waals surface area (Å²) < 4.78 is 7.42. The largest absolute Gasteiger partial charge is 0.392 e. The highest BCUT2D eigenvalue weighted by Gasteiger charge is 2.07. The third kappa shape index (κ3) is 2.63. The normalized spacial score (nSPS) is 11.2. The van der Waals surface area contributed by atoms with Crippen LogP contribution in [0.2, 0.25) is 5.02 Å². The maximum absolute atomic E-state index is 9.31. The SMILES string of the molecule is CCOCCn1cc(CO)c2ccc(Cl)cc21. The molecule has 92 valence electrons. The van der Waals surface area contributed by atoms with Gasteiger partial charge in [0.2, 0.25) is 0 Å². The van der Waals surface area contributed by atoms with Gasteiger partial charge in [-0.2, -0.15) is 0 Å². The van der Waals surface area contributed by atoms with Crippen molar-refractivity contribution in [3.63, 3.8) is 0 Å². The molecule has 0 bridgehead atoms. The molecule has 0 saturated heterocycles. The van der Waals surface area contributed by atoms with Crippen LogP contribution < -0.4 is 0 Å². The molecule has 0 saturated carbocycles. The summed E-state index contributed by atoms with van der Waals surface area (Å²) in [5.41, 5.74) is 1.97. The number of rotatable bonds is 5. The lowest BCUT2D eigenvalue weighted by molar-refractivity contribution is 0.140. The van der Waals surface area contributed by atoms with Crippen molar-refractivity contribution in [1.82, 2.24) is 4.57 Å². The zero-order valence-electron chi connectivity index (χ0n) is 9.82. The summed E-state index contributed by atoms with van der Waals surface area (Å²) >= 11 is 6.00. The highest BCUT2D eigenvalue weighted by atomic mass is 35.5. The number of hydrogen-bond donors (Lipinski definition) is 1. The van der Waals surface area contributed by atoms with Gasteiger partial charge in [-0.25, -0.2) is 0 Å². The lowest BCUT2D eigenvalue weighted by Crippen LogP contribution is -2.04. The number of aliphatic hydroxyl groups is 1. The molecule has 0 aliphatic carbocycles. The van der Waals surface area contributed by atoms with E-state index in [4.69, 9.17) is 16.3 Å². The molecule has 0 fully saturated rings. The van der Waals surface area contributed by atoms with Crippen LogP contribution in [0.25, 0.3) is 10.9 Å². The lowest BCUT2D eigenvalue weighted by Gasteiger charge is -2.05. The van der Waals surface area contributed by atoms with E-state index in [0.29, 0.717) is 18.2 Å². The van der Waals surface area contributed by atoms with E-state index in [1.54, 1.807) is 0 Å². The third-order valence-electron chi connectivity index (χ3n) is 2.78. The summed E-state index contributed by atoms with van der Waals surface area (Å²) in [5.74, 6) is 0. The van der Waals surface area contributed by atoms with Gasteiger partial charge in [-0.05, 0) is 19.1 Å². The van der Waals surface area contributed by atoms with Gasteiger partial charge < -0.3 is 14.4 Å². The van der Waals surface area contributed by atoms with E-state index in [1.807, 2.05) is 31.3 Å². The fourth-order valence-corrected chi connectivity index (χ4v) is 2.13. The molecule has 0 aliphatic heterocycles. The zero-order valence-corrected chi connectivity index (χ0v) is 10.6. The van der Waals surface area contributed by atoms with Gasteiger partial charge in [-0.1, -0.05) is 17.7 Å². The molecule has 1 heterocycles. The summed E-state index contributed by atoms with van der Waals surface area (Å²) in [6.45, 7) is 4.17. The van der Waals surface area contributed by atoms with E-state index in [9.17, 15) is 5.11 Å². The minimum atomic E-state index is 0.0414. The molecule has 0 unspecified atom stereocenters. The Labute approximate surface area is 106 Å². The molecule has 3 nitrogen and oxygen atoms in total. The molecule has 1 aromatic heterocycles. The average molecular weight is 254 g/mol. The highest BCUT2D eigenvalue weighted by molar-refractivity contribution is 6.31. The number of aliphatic hydroxyl groups excluding tert-OH is 1. The van der Waals surface area contributed by atoms with Crippen LogP contribution in [0, 0.1) is 0 Å². The molecular formula is C13H16ClNO2. The number of fused-ring (bicyclic) bond motifs is 1. The van der Waals surface area contributed by atoms with Gasteiger partial charge in [0.25, 0.3) is 0 Å². The molecule has 0 aliphatic rings.